The number of fused-ring (bicyclic) bond motifs is 1. The largest absolute Gasteiger partial charge is 0.464 e. The van der Waals surface area contributed by atoms with E-state index in [2.05, 4.69) is 4.72 Å². The Labute approximate surface area is 258 Å². The van der Waals surface area contributed by atoms with Crippen LogP contribution in [0.5, 0.6) is 0 Å². The second kappa shape index (κ2) is 13.9. The molecule has 1 aliphatic carbocycles. The monoisotopic (exact) mass is 636 g/mol. The molecule has 0 spiro atoms. The summed E-state index contributed by atoms with van der Waals surface area (Å²) in [6, 6.07) is 10.3. The van der Waals surface area contributed by atoms with Gasteiger partial charge in [0, 0.05) is 25.6 Å². The van der Waals surface area contributed by atoms with E-state index in [1.165, 1.54) is 17.0 Å². The summed E-state index contributed by atoms with van der Waals surface area (Å²) in [5.74, 6) is -2.74. The van der Waals surface area contributed by atoms with Gasteiger partial charge < -0.3 is 26.0 Å². The first kappa shape index (κ1) is 34.1. The molecule has 1 heterocycles. The highest BCUT2D eigenvalue weighted by molar-refractivity contribution is 7.89. The number of primary amides is 1. The highest BCUT2D eigenvalue weighted by Gasteiger charge is 2.53. The molecule has 2 amide bonds. The molecule has 2 fully saturated rings. The Morgan fingerprint density at radius 3 is 2.42 bits per heavy atom. The minimum absolute atomic E-state index is 0. The molecule has 1 saturated carbocycles. The van der Waals surface area contributed by atoms with Crippen LogP contribution in [0.4, 0.5) is 0 Å². The minimum atomic E-state index is -4.28. The number of likely N-dealkylation sites (tertiary alicyclic amines) is 1. The van der Waals surface area contributed by atoms with Crippen molar-refractivity contribution in [3.05, 3.63) is 42.5 Å². The van der Waals surface area contributed by atoms with Crippen molar-refractivity contribution in [2.45, 2.75) is 62.4 Å². The number of carbonyl (C=O) groups excluding carboxylic acids is 3. The molecule has 0 bridgehead atoms. The van der Waals surface area contributed by atoms with E-state index in [9.17, 15) is 22.8 Å². The van der Waals surface area contributed by atoms with E-state index in [-0.39, 0.29) is 48.9 Å². The zero-order valence-electron chi connectivity index (χ0n) is 24.5. The fraction of sp³-hybridized carbons (Fsp3) is 0.517. The van der Waals surface area contributed by atoms with Gasteiger partial charge in [0.25, 0.3) is 0 Å². The van der Waals surface area contributed by atoms with Gasteiger partial charge in [0.1, 0.15) is 11.6 Å². The first-order chi connectivity index (χ1) is 19.9. The van der Waals surface area contributed by atoms with E-state index >= 15 is 0 Å². The van der Waals surface area contributed by atoms with E-state index in [0.717, 1.165) is 18.2 Å². The molecule has 12 nitrogen and oxygen atoms in total. The zero-order valence-corrected chi connectivity index (χ0v) is 26.1. The van der Waals surface area contributed by atoms with E-state index in [1.54, 1.807) is 36.9 Å². The Balaban J connectivity index is 0.00000506. The fourth-order valence-corrected chi connectivity index (χ4v) is 6.88. The van der Waals surface area contributed by atoms with Gasteiger partial charge in [-0.2, -0.15) is 4.72 Å². The van der Waals surface area contributed by atoms with Crippen LogP contribution in [0.2, 0.25) is 0 Å². The number of nitrogens with two attached hydrogens (primary N) is 2. The summed E-state index contributed by atoms with van der Waals surface area (Å²) in [5.41, 5.74) is 9.77. The molecule has 43 heavy (non-hydrogen) atoms. The summed E-state index contributed by atoms with van der Waals surface area (Å²) in [5, 5.41) is 9.47. The minimum Gasteiger partial charge on any atom is -0.464 e. The van der Waals surface area contributed by atoms with Crippen molar-refractivity contribution in [3.63, 3.8) is 0 Å². The summed E-state index contributed by atoms with van der Waals surface area (Å²) in [7, 11) is -4.28. The maximum absolute atomic E-state index is 14.4. The number of benzene rings is 2. The number of amides is 2. The Morgan fingerprint density at radius 1 is 1.14 bits per heavy atom. The lowest BCUT2D eigenvalue weighted by molar-refractivity contribution is -0.169. The Bertz CT molecular complexity index is 1470. The smallest absolute Gasteiger partial charge is 0.332 e. The second-order valence-corrected chi connectivity index (χ2v) is 13.0. The first-order valence-corrected chi connectivity index (χ1v) is 15.7. The molecule has 4 rings (SSSR count). The number of nitrogens with one attached hydrogen (secondary N) is 2. The molecule has 0 aromatic heterocycles. The van der Waals surface area contributed by atoms with Crippen LogP contribution in [-0.2, 0) is 29.1 Å². The number of ether oxygens (including phenoxy) is 1. The van der Waals surface area contributed by atoms with Gasteiger partial charge in [-0.15, -0.1) is 12.4 Å². The van der Waals surface area contributed by atoms with Crippen molar-refractivity contribution in [3.8, 4) is 0 Å². The number of hydrogen-bond acceptors (Lipinski definition) is 7. The topological polar surface area (TPSA) is 189 Å². The number of piperidine rings is 1. The predicted molar refractivity (Wildman–Crippen MR) is 165 cm³/mol. The van der Waals surface area contributed by atoms with E-state index in [1.807, 2.05) is 12.1 Å². The van der Waals surface area contributed by atoms with Gasteiger partial charge in [-0.25, -0.2) is 13.2 Å². The number of rotatable bonds is 12. The average molecular weight is 637 g/mol. The Hall–Kier alpha value is -3.42. The quantitative estimate of drug-likeness (QED) is 0.154. The lowest BCUT2D eigenvalue weighted by Crippen LogP contribution is -2.66. The van der Waals surface area contributed by atoms with Crippen LogP contribution in [0.3, 0.4) is 0 Å². The molecule has 6 N–H and O–H groups in total. The molecule has 2 aromatic carbocycles. The SMILES string of the molecule is CCOC(=O)C(C)([C@H]1CCCN(C(=N)N)C1)N(CC1CC1)C(=O)[C@H](CC(N)=O)NS(=O)(=O)c1ccc2ccccc2c1.Cl. The predicted octanol–water partition coefficient (Wildman–Crippen LogP) is 1.95. The van der Waals surface area contributed by atoms with Gasteiger partial charge in [0.15, 0.2) is 5.96 Å². The normalized spacial score (nSPS) is 19.0. The van der Waals surface area contributed by atoms with Crippen LogP contribution in [0, 0.1) is 17.2 Å². The van der Waals surface area contributed by atoms with E-state index in [4.69, 9.17) is 21.6 Å². The first-order valence-electron chi connectivity index (χ1n) is 14.2. The van der Waals surface area contributed by atoms with Crippen molar-refractivity contribution in [2.75, 3.05) is 26.2 Å². The maximum atomic E-state index is 14.4. The molecule has 1 aliphatic heterocycles. The molecule has 2 aliphatic rings. The van der Waals surface area contributed by atoms with Gasteiger partial charge in [-0.3, -0.25) is 15.0 Å². The van der Waals surface area contributed by atoms with Crippen molar-refractivity contribution in [1.29, 1.82) is 5.41 Å². The van der Waals surface area contributed by atoms with Crippen LogP contribution in [0.25, 0.3) is 10.8 Å². The molecule has 0 radical (unpaired) electrons. The Kier molecular flexibility index (Phi) is 11.0. The number of nitrogens with zero attached hydrogens (tertiary/aromatic N) is 2. The van der Waals surface area contributed by atoms with Crippen molar-refractivity contribution in [1.82, 2.24) is 14.5 Å². The third kappa shape index (κ3) is 7.76. The number of halogens is 1. The van der Waals surface area contributed by atoms with Crippen LogP contribution in [-0.4, -0.2) is 79.8 Å². The standard InChI is InChI=1S/C29H40N6O6S.ClH/c1-3-41-27(38)29(2,22-9-6-14-34(18-22)28(31)32)35(17-19-10-11-19)26(37)24(16-25(30)36)33-42(39,40)23-13-12-20-7-4-5-8-21(20)15-23;/h4-5,7-8,12-13,15,19,22,24,33H,3,6,9-11,14,16-18H2,1-2H3,(H2,30,36)(H3,31,32);1H/t22-,24-,29?;/m0./s1. The summed E-state index contributed by atoms with van der Waals surface area (Å²) >= 11 is 0. The number of esters is 1. The number of carbonyl (C=O) groups is 3. The molecular weight excluding hydrogens is 596 g/mol. The summed E-state index contributed by atoms with van der Waals surface area (Å²) in [6.45, 7) is 4.32. The Morgan fingerprint density at radius 2 is 1.81 bits per heavy atom. The maximum Gasteiger partial charge on any atom is 0.332 e. The van der Waals surface area contributed by atoms with Crippen LogP contribution in [0.1, 0.15) is 46.0 Å². The molecule has 3 atom stereocenters. The van der Waals surface area contributed by atoms with Gasteiger partial charge in [0.2, 0.25) is 21.8 Å². The lowest BCUT2D eigenvalue weighted by atomic mass is 9.78. The van der Waals surface area contributed by atoms with Gasteiger partial charge in [-0.05, 0) is 68.4 Å². The third-order valence-electron chi connectivity index (χ3n) is 8.24. The zero-order chi connectivity index (χ0) is 30.7. The lowest BCUT2D eigenvalue weighted by Gasteiger charge is -2.48. The molecular formula is C29H41ClN6O6S. The number of guanidine groups is 1. The molecule has 1 saturated heterocycles. The van der Waals surface area contributed by atoms with Gasteiger partial charge >= 0.3 is 5.97 Å². The molecule has 14 heteroatoms. The highest BCUT2D eigenvalue weighted by atomic mass is 35.5. The van der Waals surface area contributed by atoms with Gasteiger partial charge in [0.05, 0.1) is 17.9 Å². The van der Waals surface area contributed by atoms with Crippen molar-refractivity contribution >= 4 is 56.9 Å². The van der Waals surface area contributed by atoms with Crippen LogP contribution < -0.4 is 16.2 Å². The van der Waals surface area contributed by atoms with E-state index in [0.29, 0.717) is 24.8 Å². The molecule has 2 aromatic rings. The second-order valence-electron chi connectivity index (χ2n) is 11.3. The average Bonchev–Trinajstić information content (AvgIpc) is 3.78. The van der Waals surface area contributed by atoms with Gasteiger partial charge in [-0.1, -0.05) is 30.3 Å². The van der Waals surface area contributed by atoms with Crippen molar-refractivity contribution in [2.24, 2.45) is 23.3 Å². The fourth-order valence-electron chi connectivity index (χ4n) is 5.65. The third-order valence-corrected chi connectivity index (χ3v) is 9.71. The number of sulfonamides is 1. The molecule has 1 unspecified atom stereocenters. The molecule has 236 valence electrons. The summed E-state index contributed by atoms with van der Waals surface area (Å²) in [6.07, 6.45) is 2.27. The van der Waals surface area contributed by atoms with Crippen LogP contribution >= 0.6 is 12.4 Å². The van der Waals surface area contributed by atoms with Crippen molar-refractivity contribution < 1.29 is 27.5 Å². The van der Waals surface area contributed by atoms with Crippen LogP contribution in [0.15, 0.2) is 47.4 Å². The summed E-state index contributed by atoms with van der Waals surface area (Å²) < 4.78 is 35.0. The highest BCUT2D eigenvalue weighted by Crippen LogP contribution is 2.39. The number of hydrogen-bond donors (Lipinski definition) is 4. The summed E-state index contributed by atoms with van der Waals surface area (Å²) in [4.78, 5) is 43.2. The van der Waals surface area contributed by atoms with E-state index < -0.39 is 51.7 Å².